The molecule has 0 spiro atoms. The average Bonchev–Trinajstić information content (AvgIpc) is 3.13. The minimum absolute atomic E-state index is 0. The Bertz CT molecular complexity index is 457. The summed E-state index contributed by atoms with van der Waals surface area (Å²) in [4.78, 5) is 28.9. The molecule has 0 aromatic rings. The molecule has 2 aliphatic heterocycles. The largest absolute Gasteiger partial charge is 0.365 e. The predicted molar refractivity (Wildman–Crippen MR) is 98.9 cm³/mol. The van der Waals surface area contributed by atoms with Crippen LogP contribution in [-0.4, -0.2) is 72.6 Å². The maximum absolute atomic E-state index is 12.9. The van der Waals surface area contributed by atoms with Crippen LogP contribution in [0.3, 0.4) is 0 Å². The summed E-state index contributed by atoms with van der Waals surface area (Å²) in [5.41, 5.74) is 0. The van der Waals surface area contributed by atoms with Gasteiger partial charge in [0.15, 0.2) is 0 Å². The number of piperidine rings is 1. The highest BCUT2D eigenvalue weighted by atomic mass is 35.5. The lowest BCUT2D eigenvalue weighted by Crippen LogP contribution is -2.58. The molecule has 2 unspecified atom stereocenters. The van der Waals surface area contributed by atoms with Crippen molar-refractivity contribution in [3.8, 4) is 0 Å². The van der Waals surface area contributed by atoms with Gasteiger partial charge in [-0.2, -0.15) is 0 Å². The van der Waals surface area contributed by atoms with Crippen molar-refractivity contribution in [2.45, 2.75) is 70.1 Å². The van der Waals surface area contributed by atoms with E-state index in [0.29, 0.717) is 13.1 Å². The summed E-state index contributed by atoms with van der Waals surface area (Å²) >= 11 is 0. The third kappa shape index (κ3) is 5.08. The number of hydrogen-bond donors (Lipinski definition) is 1. The third-order valence-electron chi connectivity index (χ3n) is 5.58. The maximum Gasteiger partial charge on any atom is 0.251 e. The zero-order valence-electron chi connectivity index (χ0n) is 15.2. The normalized spacial score (nSPS) is 26.4. The molecule has 2 amide bonds. The van der Waals surface area contributed by atoms with E-state index in [-0.39, 0.29) is 42.5 Å². The van der Waals surface area contributed by atoms with Crippen molar-refractivity contribution in [1.29, 1.82) is 0 Å². The van der Waals surface area contributed by atoms with E-state index in [1.54, 1.807) is 0 Å². The first-order chi connectivity index (χ1) is 11.7. The van der Waals surface area contributed by atoms with Crippen molar-refractivity contribution >= 4 is 24.2 Å². The maximum atomic E-state index is 12.9. The van der Waals surface area contributed by atoms with Gasteiger partial charge in [0.1, 0.15) is 6.10 Å². The van der Waals surface area contributed by atoms with Crippen molar-refractivity contribution in [3.05, 3.63) is 0 Å². The van der Waals surface area contributed by atoms with Crippen molar-refractivity contribution < 1.29 is 14.3 Å². The van der Waals surface area contributed by atoms with Crippen LogP contribution in [0.5, 0.6) is 0 Å². The van der Waals surface area contributed by atoms with Gasteiger partial charge in [-0.1, -0.05) is 19.8 Å². The summed E-state index contributed by atoms with van der Waals surface area (Å²) in [6, 6.07) is 0.168. The number of amides is 2. The molecule has 6 nitrogen and oxygen atoms in total. The average molecular weight is 374 g/mol. The lowest BCUT2D eigenvalue weighted by Gasteiger charge is -2.42. The Morgan fingerprint density at radius 3 is 2.68 bits per heavy atom. The molecule has 1 saturated carbocycles. The van der Waals surface area contributed by atoms with E-state index in [4.69, 9.17) is 4.74 Å². The number of nitrogens with zero attached hydrogens (tertiary/aromatic N) is 2. The molecule has 144 valence electrons. The van der Waals surface area contributed by atoms with Crippen LogP contribution in [0, 0.1) is 0 Å². The van der Waals surface area contributed by atoms with Gasteiger partial charge < -0.3 is 19.9 Å². The number of halogens is 1. The molecule has 3 rings (SSSR count). The van der Waals surface area contributed by atoms with Crippen LogP contribution >= 0.6 is 12.4 Å². The fourth-order valence-corrected chi connectivity index (χ4v) is 4.21. The van der Waals surface area contributed by atoms with Gasteiger partial charge in [-0.3, -0.25) is 9.59 Å². The fourth-order valence-electron chi connectivity index (χ4n) is 4.21. The number of carbonyl (C=O) groups excluding carboxylic acids is 2. The molecule has 0 bridgehead atoms. The first-order valence-corrected chi connectivity index (χ1v) is 9.63. The van der Waals surface area contributed by atoms with Gasteiger partial charge in [0.25, 0.3) is 5.91 Å². The standard InChI is InChI=1S/C18H31N3O3.ClH/c1-2-16(24-15-7-3-4-8-15)18(23)20-10-5-6-14(13-20)21-11-9-19-12-17(21)22;/h14-16,19H,2-13H2,1H3;1H. The topological polar surface area (TPSA) is 61.9 Å². The zero-order valence-corrected chi connectivity index (χ0v) is 16.1. The summed E-state index contributed by atoms with van der Waals surface area (Å²) in [6.45, 7) is 5.50. The number of likely N-dealkylation sites (tertiary alicyclic amines) is 1. The molecule has 3 fully saturated rings. The fraction of sp³-hybridized carbons (Fsp3) is 0.889. The Balaban J connectivity index is 0.00000225. The number of ether oxygens (including phenoxy) is 1. The van der Waals surface area contributed by atoms with Gasteiger partial charge in [-0.05, 0) is 32.1 Å². The highest BCUT2D eigenvalue weighted by molar-refractivity contribution is 5.85. The number of hydrogen-bond acceptors (Lipinski definition) is 4. The van der Waals surface area contributed by atoms with Crippen molar-refractivity contribution in [2.75, 3.05) is 32.7 Å². The zero-order chi connectivity index (χ0) is 16.9. The number of piperazine rings is 1. The molecule has 1 aliphatic carbocycles. The Morgan fingerprint density at radius 2 is 2.00 bits per heavy atom. The first-order valence-electron chi connectivity index (χ1n) is 9.63. The van der Waals surface area contributed by atoms with Gasteiger partial charge in [0.2, 0.25) is 5.91 Å². The number of carbonyl (C=O) groups is 2. The molecule has 3 aliphatic rings. The lowest BCUT2D eigenvalue weighted by molar-refractivity contribution is -0.151. The Labute approximate surface area is 157 Å². The monoisotopic (exact) mass is 373 g/mol. The summed E-state index contributed by atoms with van der Waals surface area (Å²) < 4.78 is 6.10. The highest BCUT2D eigenvalue weighted by Gasteiger charge is 2.34. The van der Waals surface area contributed by atoms with E-state index in [9.17, 15) is 9.59 Å². The molecule has 0 aromatic carbocycles. The van der Waals surface area contributed by atoms with E-state index in [1.807, 2.05) is 16.7 Å². The molecule has 2 atom stereocenters. The molecule has 2 saturated heterocycles. The quantitative estimate of drug-likeness (QED) is 0.794. The van der Waals surface area contributed by atoms with E-state index in [1.165, 1.54) is 12.8 Å². The van der Waals surface area contributed by atoms with Crippen LogP contribution in [0.25, 0.3) is 0 Å². The van der Waals surface area contributed by atoms with Crippen LogP contribution in [0.4, 0.5) is 0 Å². The minimum Gasteiger partial charge on any atom is -0.365 e. The second-order valence-corrected chi connectivity index (χ2v) is 7.28. The van der Waals surface area contributed by atoms with Crippen LogP contribution in [0.1, 0.15) is 51.9 Å². The number of nitrogens with one attached hydrogen (secondary N) is 1. The third-order valence-corrected chi connectivity index (χ3v) is 5.58. The van der Waals surface area contributed by atoms with Crippen molar-refractivity contribution in [1.82, 2.24) is 15.1 Å². The Hall–Kier alpha value is -0.850. The second kappa shape index (κ2) is 9.74. The van der Waals surface area contributed by atoms with Gasteiger partial charge >= 0.3 is 0 Å². The van der Waals surface area contributed by atoms with Gasteiger partial charge in [-0.25, -0.2) is 0 Å². The van der Waals surface area contributed by atoms with E-state index in [0.717, 1.165) is 51.7 Å². The molecule has 2 heterocycles. The summed E-state index contributed by atoms with van der Waals surface area (Å²) in [5.74, 6) is 0.284. The molecular formula is C18H32ClN3O3. The molecule has 1 N–H and O–H groups in total. The van der Waals surface area contributed by atoms with Crippen molar-refractivity contribution in [3.63, 3.8) is 0 Å². The van der Waals surface area contributed by atoms with Crippen LogP contribution < -0.4 is 5.32 Å². The lowest BCUT2D eigenvalue weighted by atomic mass is 10.0. The number of rotatable bonds is 5. The Kier molecular flexibility index (Phi) is 7.97. The second-order valence-electron chi connectivity index (χ2n) is 7.28. The van der Waals surface area contributed by atoms with Crippen LogP contribution in [-0.2, 0) is 14.3 Å². The summed E-state index contributed by atoms with van der Waals surface area (Å²) in [7, 11) is 0. The van der Waals surface area contributed by atoms with Gasteiger partial charge in [0, 0.05) is 32.2 Å². The predicted octanol–water partition coefficient (Wildman–Crippen LogP) is 1.57. The van der Waals surface area contributed by atoms with Gasteiger partial charge in [0.05, 0.1) is 12.6 Å². The van der Waals surface area contributed by atoms with Crippen molar-refractivity contribution in [2.24, 2.45) is 0 Å². The first kappa shape index (κ1) is 20.5. The van der Waals surface area contributed by atoms with Crippen LogP contribution in [0.2, 0.25) is 0 Å². The summed E-state index contributed by atoms with van der Waals surface area (Å²) in [5, 5.41) is 3.11. The molecule has 7 heteroatoms. The van der Waals surface area contributed by atoms with Gasteiger partial charge in [-0.15, -0.1) is 12.4 Å². The van der Waals surface area contributed by atoms with Crippen LogP contribution in [0.15, 0.2) is 0 Å². The molecule has 0 aromatic heterocycles. The minimum atomic E-state index is -0.314. The van der Waals surface area contributed by atoms with E-state index >= 15 is 0 Å². The molecular weight excluding hydrogens is 342 g/mol. The summed E-state index contributed by atoms with van der Waals surface area (Å²) in [6.07, 6.45) is 7.23. The Morgan fingerprint density at radius 1 is 1.24 bits per heavy atom. The SMILES string of the molecule is CCC(OC1CCCC1)C(=O)N1CCCC(N2CCNCC2=O)C1.Cl. The van der Waals surface area contributed by atoms with E-state index < -0.39 is 0 Å². The smallest absolute Gasteiger partial charge is 0.251 e. The van der Waals surface area contributed by atoms with E-state index in [2.05, 4.69) is 5.32 Å². The molecule has 25 heavy (non-hydrogen) atoms. The molecule has 0 radical (unpaired) electrons. The highest BCUT2D eigenvalue weighted by Crippen LogP contribution is 2.25.